The summed E-state index contributed by atoms with van der Waals surface area (Å²) in [7, 11) is 0. The molecule has 2 heterocycles. The molecule has 0 aliphatic carbocycles. The predicted molar refractivity (Wildman–Crippen MR) is 166 cm³/mol. The van der Waals surface area contributed by atoms with Crippen molar-refractivity contribution >= 4 is 23.8 Å². The highest BCUT2D eigenvalue weighted by Gasteiger charge is 2.47. The highest BCUT2D eigenvalue weighted by molar-refractivity contribution is 8.00. The third-order valence-electron chi connectivity index (χ3n) is 7.27. The van der Waals surface area contributed by atoms with E-state index >= 15 is 4.39 Å². The van der Waals surface area contributed by atoms with Gasteiger partial charge in [-0.1, -0.05) is 42.5 Å². The van der Waals surface area contributed by atoms with Crippen molar-refractivity contribution in [3.8, 4) is 6.07 Å². The third kappa shape index (κ3) is 7.92. The first-order valence-corrected chi connectivity index (χ1v) is 15.2. The normalized spacial score (nSPS) is 18.7. The number of ether oxygens (including phenoxy) is 3. The van der Waals surface area contributed by atoms with E-state index < -0.39 is 40.6 Å². The number of benzene rings is 3. The summed E-state index contributed by atoms with van der Waals surface area (Å²) in [6, 6.07) is 17.6. The van der Waals surface area contributed by atoms with E-state index in [-0.39, 0.29) is 41.7 Å². The summed E-state index contributed by atoms with van der Waals surface area (Å²) in [6.07, 6.45) is 8.63. The molecule has 2 unspecified atom stereocenters. The van der Waals surface area contributed by atoms with E-state index in [1.807, 2.05) is 6.07 Å². The van der Waals surface area contributed by atoms with E-state index in [4.69, 9.17) is 19.5 Å². The van der Waals surface area contributed by atoms with E-state index in [2.05, 4.69) is 10.1 Å². The highest BCUT2D eigenvalue weighted by Crippen LogP contribution is 2.42. The molecular weight excluding hydrogens is 617 g/mol. The number of thioether (sulfide) groups is 1. The molecule has 46 heavy (non-hydrogen) atoms. The van der Waals surface area contributed by atoms with Gasteiger partial charge in [0.15, 0.2) is 11.9 Å². The lowest BCUT2D eigenvalue weighted by Crippen LogP contribution is -2.47. The lowest BCUT2D eigenvalue weighted by Gasteiger charge is -2.40. The summed E-state index contributed by atoms with van der Waals surface area (Å²) in [5.74, 6) is -2.83. The second-order valence-electron chi connectivity index (χ2n) is 10.4. The topological polar surface area (TPSA) is 99.3 Å². The zero-order chi connectivity index (χ0) is 32.5. The number of esters is 1. The quantitative estimate of drug-likeness (QED) is 0.135. The van der Waals surface area contributed by atoms with Crippen LogP contribution in [-0.4, -0.2) is 50.7 Å². The molecule has 0 bridgehead atoms. The van der Waals surface area contributed by atoms with Crippen molar-refractivity contribution in [2.45, 2.75) is 35.9 Å². The number of hydrogen-bond acceptors (Lipinski definition) is 8. The van der Waals surface area contributed by atoms with E-state index in [0.717, 1.165) is 12.1 Å². The fraction of sp³-hybridized carbons (Fsp3) is 0.235. The zero-order valence-electron chi connectivity index (χ0n) is 24.6. The lowest BCUT2D eigenvalue weighted by molar-refractivity contribution is -0.146. The van der Waals surface area contributed by atoms with Gasteiger partial charge < -0.3 is 14.2 Å². The van der Waals surface area contributed by atoms with Crippen molar-refractivity contribution in [3.63, 3.8) is 0 Å². The van der Waals surface area contributed by atoms with Gasteiger partial charge in [0.1, 0.15) is 30.1 Å². The van der Waals surface area contributed by atoms with Crippen LogP contribution in [0.3, 0.4) is 0 Å². The first-order valence-electron chi connectivity index (χ1n) is 14.3. The molecule has 0 N–H and O–H groups in total. The SMILES string of the molecule is CC(SC1COC(/C=C/C=C/c2ccc(C#N)cc2F)OC1)C(Cn1cncn1)(OC(=O)c1ccccc1)c1ccc(F)cc1F. The minimum atomic E-state index is -1.65. The van der Waals surface area contributed by atoms with Crippen LogP contribution in [0.1, 0.15) is 34.0 Å². The van der Waals surface area contributed by atoms with Crippen molar-refractivity contribution in [3.05, 3.63) is 137 Å². The lowest BCUT2D eigenvalue weighted by atomic mass is 9.89. The van der Waals surface area contributed by atoms with Crippen LogP contribution in [0.15, 0.2) is 97.6 Å². The van der Waals surface area contributed by atoms with Crippen LogP contribution < -0.4 is 0 Å². The first-order chi connectivity index (χ1) is 22.3. The molecule has 1 aliphatic heterocycles. The minimum Gasteiger partial charge on any atom is -0.447 e. The molecule has 1 saturated heterocycles. The number of halogens is 3. The van der Waals surface area contributed by atoms with Gasteiger partial charge in [-0.05, 0) is 49.4 Å². The number of hydrogen-bond donors (Lipinski definition) is 0. The van der Waals surface area contributed by atoms with Crippen molar-refractivity contribution < 1.29 is 32.2 Å². The fourth-order valence-corrected chi connectivity index (χ4v) is 6.29. The Morgan fingerprint density at radius 2 is 1.89 bits per heavy atom. The van der Waals surface area contributed by atoms with Crippen LogP contribution in [0.2, 0.25) is 0 Å². The maximum atomic E-state index is 15.5. The number of rotatable bonds is 11. The zero-order valence-corrected chi connectivity index (χ0v) is 25.4. The van der Waals surface area contributed by atoms with Gasteiger partial charge in [0, 0.05) is 22.4 Å². The Kier molecular flexibility index (Phi) is 10.7. The van der Waals surface area contributed by atoms with Crippen molar-refractivity contribution in [1.29, 1.82) is 5.26 Å². The molecule has 236 valence electrons. The smallest absolute Gasteiger partial charge is 0.339 e. The molecule has 12 heteroatoms. The van der Waals surface area contributed by atoms with Crippen molar-refractivity contribution in [2.24, 2.45) is 0 Å². The third-order valence-corrected chi connectivity index (χ3v) is 8.71. The maximum absolute atomic E-state index is 15.5. The molecule has 3 aromatic carbocycles. The van der Waals surface area contributed by atoms with E-state index in [1.165, 1.54) is 53.4 Å². The molecule has 1 aliphatic rings. The largest absolute Gasteiger partial charge is 0.447 e. The summed E-state index contributed by atoms with van der Waals surface area (Å²) in [4.78, 5) is 17.5. The molecule has 0 spiro atoms. The number of carbonyl (C=O) groups excluding carboxylic acids is 1. The van der Waals surface area contributed by atoms with Crippen LogP contribution in [0.25, 0.3) is 6.08 Å². The van der Waals surface area contributed by atoms with E-state index in [1.54, 1.807) is 61.6 Å². The van der Waals surface area contributed by atoms with Crippen LogP contribution in [-0.2, 0) is 26.4 Å². The molecule has 8 nitrogen and oxygen atoms in total. The van der Waals surface area contributed by atoms with Gasteiger partial charge in [0.05, 0.1) is 42.2 Å². The number of aromatic nitrogens is 3. The molecular formula is C34H29F3N4O4S. The van der Waals surface area contributed by atoms with Crippen LogP contribution in [0.4, 0.5) is 13.2 Å². The summed E-state index contributed by atoms with van der Waals surface area (Å²) >= 11 is 1.37. The standard InChI is InChI=1S/C34H29F3N4O4S/c1-23(46-28-18-43-32(44-19-28)10-6-5-7-25-12-11-24(17-38)15-30(25)36)34(20-41-22-39-21-40-41,29-14-13-27(35)16-31(29)37)45-33(42)26-8-3-2-4-9-26/h2-16,21-23,28,32H,18-20H2,1H3/b7-5+,10-6+. The second kappa shape index (κ2) is 15.1. The van der Waals surface area contributed by atoms with Crippen LogP contribution in [0.5, 0.6) is 0 Å². The molecule has 4 aromatic rings. The number of allylic oxidation sites excluding steroid dienone is 2. The first kappa shape index (κ1) is 32.7. The number of nitrogens with zero attached hydrogens (tertiary/aromatic N) is 4. The Labute approximate surface area is 268 Å². The average Bonchev–Trinajstić information content (AvgIpc) is 3.57. The average molecular weight is 647 g/mol. The molecule has 0 amide bonds. The number of nitriles is 1. The minimum absolute atomic E-state index is 0.0161. The Hall–Kier alpha value is -4.70. The van der Waals surface area contributed by atoms with Crippen molar-refractivity contribution in [2.75, 3.05) is 13.2 Å². The van der Waals surface area contributed by atoms with Gasteiger partial charge in [0.2, 0.25) is 0 Å². The van der Waals surface area contributed by atoms with Crippen LogP contribution >= 0.6 is 11.8 Å². The van der Waals surface area contributed by atoms with Gasteiger partial charge in [-0.2, -0.15) is 10.4 Å². The highest BCUT2D eigenvalue weighted by atomic mass is 32.2. The summed E-state index contributed by atoms with van der Waals surface area (Å²) in [6.45, 7) is 2.21. The van der Waals surface area contributed by atoms with Gasteiger partial charge in [-0.3, -0.25) is 0 Å². The molecule has 2 atom stereocenters. The van der Waals surface area contributed by atoms with E-state index in [0.29, 0.717) is 5.56 Å². The molecule has 0 radical (unpaired) electrons. The van der Waals surface area contributed by atoms with Gasteiger partial charge in [-0.15, -0.1) is 11.8 Å². The number of carbonyl (C=O) groups is 1. The molecule has 1 fully saturated rings. The van der Waals surface area contributed by atoms with Gasteiger partial charge >= 0.3 is 5.97 Å². The second-order valence-corrected chi connectivity index (χ2v) is 12.0. The van der Waals surface area contributed by atoms with Crippen LogP contribution in [0, 0.1) is 28.8 Å². The molecule has 5 rings (SSSR count). The van der Waals surface area contributed by atoms with Gasteiger partial charge in [0.25, 0.3) is 0 Å². The van der Waals surface area contributed by atoms with Gasteiger partial charge in [-0.25, -0.2) is 27.6 Å². The Balaban J connectivity index is 1.32. The predicted octanol–water partition coefficient (Wildman–Crippen LogP) is 6.45. The Morgan fingerprint density at radius 1 is 1.11 bits per heavy atom. The summed E-state index contributed by atoms with van der Waals surface area (Å²) in [5, 5.41) is 12.2. The van der Waals surface area contributed by atoms with Crippen molar-refractivity contribution in [1.82, 2.24) is 14.8 Å². The summed E-state index contributed by atoms with van der Waals surface area (Å²) in [5.41, 5.74) is -0.827. The summed E-state index contributed by atoms with van der Waals surface area (Å²) < 4.78 is 63.1. The molecule has 1 aromatic heterocycles. The maximum Gasteiger partial charge on any atom is 0.339 e. The fourth-order valence-electron chi connectivity index (χ4n) is 4.92. The Morgan fingerprint density at radius 3 is 2.57 bits per heavy atom. The van der Waals surface area contributed by atoms with E-state index in [9.17, 15) is 13.6 Å². The monoisotopic (exact) mass is 646 g/mol. The molecule has 0 saturated carbocycles. The Bertz CT molecular complexity index is 1740.